The molecular weight excluding hydrogens is 245 g/mol. The van der Waals surface area contributed by atoms with Gasteiger partial charge in [0.15, 0.2) is 11.4 Å². The van der Waals surface area contributed by atoms with Crippen LogP contribution in [0.2, 0.25) is 0 Å². The van der Waals surface area contributed by atoms with Crippen molar-refractivity contribution in [1.82, 2.24) is 9.78 Å². The molecule has 2 aromatic rings. The first-order valence-corrected chi connectivity index (χ1v) is 6.22. The number of hydrogen-bond acceptors (Lipinski definition) is 3. The second-order valence-corrected chi connectivity index (χ2v) is 4.25. The first-order valence-electron chi connectivity index (χ1n) is 6.22. The fraction of sp³-hybridized carbons (Fsp3) is 0.357. The normalized spacial score (nSPS) is 14.1. The third-order valence-corrected chi connectivity index (χ3v) is 3.21. The van der Waals surface area contributed by atoms with Crippen molar-refractivity contribution < 1.29 is 9.13 Å². The number of halogens is 1. The Morgan fingerprint density at radius 2 is 2.05 bits per heavy atom. The van der Waals surface area contributed by atoms with Gasteiger partial charge in [-0.3, -0.25) is 4.68 Å². The van der Waals surface area contributed by atoms with Crippen molar-refractivity contribution in [1.29, 1.82) is 0 Å². The minimum atomic E-state index is -1.81. The number of aromatic nitrogens is 2. The number of methoxy groups -OCH3 is 1. The van der Waals surface area contributed by atoms with Gasteiger partial charge in [0, 0.05) is 13.1 Å². The van der Waals surface area contributed by atoms with Gasteiger partial charge in [-0.25, -0.2) is 4.39 Å². The van der Waals surface area contributed by atoms with Crippen molar-refractivity contribution in [3.8, 4) is 5.75 Å². The number of nitrogens with two attached hydrogens (primary N) is 1. The Morgan fingerprint density at radius 1 is 1.37 bits per heavy atom. The highest BCUT2D eigenvalue weighted by Crippen LogP contribution is 2.38. The summed E-state index contributed by atoms with van der Waals surface area (Å²) in [7, 11) is 1.50. The van der Waals surface area contributed by atoms with E-state index in [9.17, 15) is 0 Å². The Labute approximate surface area is 112 Å². The Hall–Kier alpha value is -1.88. The molecule has 0 amide bonds. The fourth-order valence-corrected chi connectivity index (χ4v) is 2.21. The second kappa shape index (κ2) is 5.40. The summed E-state index contributed by atoms with van der Waals surface area (Å²) >= 11 is 0. The van der Waals surface area contributed by atoms with Crippen LogP contribution >= 0.6 is 0 Å². The third-order valence-electron chi connectivity index (χ3n) is 3.21. The van der Waals surface area contributed by atoms with Gasteiger partial charge in [0.1, 0.15) is 5.69 Å². The largest absolute Gasteiger partial charge is 0.493 e. The molecule has 1 unspecified atom stereocenters. The van der Waals surface area contributed by atoms with Crippen LogP contribution < -0.4 is 10.5 Å². The molecule has 1 atom stereocenters. The van der Waals surface area contributed by atoms with Crippen molar-refractivity contribution in [3.05, 3.63) is 47.8 Å². The van der Waals surface area contributed by atoms with Gasteiger partial charge in [-0.2, -0.15) is 5.10 Å². The maximum Gasteiger partial charge on any atom is 0.193 e. The molecule has 1 heterocycles. The predicted octanol–water partition coefficient (Wildman–Crippen LogP) is 2.08. The van der Waals surface area contributed by atoms with Gasteiger partial charge >= 0.3 is 0 Å². The molecule has 0 spiro atoms. The van der Waals surface area contributed by atoms with Crippen molar-refractivity contribution in [2.75, 3.05) is 13.7 Å². The molecule has 1 aromatic carbocycles. The van der Waals surface area contributed by atoms with Crippen LogP contribution in [0.15, 0.2) is 36.5 Å². The lowest BCUT2D eigenvalue weighted by Crippen LogP contribution is -2.34. The quantitative estimate of drug-likeness (QED) is 0.898. The number of benzene rings is 1. The average molecular weight is 263 g/mol. The summed E-state index contributed by atoms with van der Waals surface area (Å²) in [4.78, 5) is 0. The predicted molar refractivity (Wildman–Crippen MR) is 71.8 cm³/mol. The van der Waals surface area contributed by atoms with Crippen LogP contribution in [0.5, 0.6) is 5.75 Å². The van der Waals surface area contributed by atoms with Gasteiger partial charge in [0.05, 0.1) is 13.3 Å². The molecule has 2 N–H and O–H groups in total. The Balaban J connectivity index is 2.62. The smallest absolute Gasteiger partial charge is 0.193 e. The number of alkyl halides is 1. The Morgan fingerprint density at radius 3 is 2.58 bits per heavy atom. The number of nitrogens with zero attached hydrogens (tertiary/aromatic N) is 2. The highest BCUT2D eigenvalue weighted by atomic mass is 19.1. The Kier molecular flexibility index (Phi) is 3.85. The zero-order valence-electron chi connectivity index (χ0n) is 11.1. The van der Waals surface area contributed by atoms with Gasteiger partial charge in [-0.1, -0.05) is 30.3 Å². The molecule has 0 aliphatic heterocycles. The molecule has 0 aliphatic carbocycles. The van der Waals surface area contributed by atoms with Crippen molar-refractivity contribution in [2.24, 2.45) is 5.73 Å². The minimum absolute atomic E-state index is 0.168. The van der Waals surface area contributed by atoms with Crippen molar-refractivity contribution in [2.45, 2.75) is 19.1 Å². The standard InChI is InChI=1S/C14H18FN3O/c1-3-18-13(12(19-2)9-17-18)14(15,10-16)11-7-5-4-6-8-11/h4-9H,3,10,16H2,1-2H3. The van der Waals surface area contributed by atoms with Crippen LogP contribution in [0.25, 0.3) is 0 Å². The lowest BCUT2D eigenvalue weighted by molar-refractivity contribution is 0.207. The van der Waals surface area contributed by atoms with Crippen molar-refractivity contribution >= 4 is 0 Å². The van der Waals surface area contributed by atoms with Gasteiger partial charge in [0.2, 0.25) is 0 Å². The molecule has 2 rings (SSSR count). The molecule has 0 fully saturated rings. The van der Waals surface area contributed by atoms with Gasteiger partial charge in [-0.05, 0) is 12.5 Å². The third kappa shape index (κ3) is 2.21. The average Bonchev–Trinajstić information content (AvgIpc) is 2.91. The molecule has 0 bridgehead atoms. The van der Waals surface area contributed by atoms with E-state index in [0.29, 0.717) is 23.6 Å². The van der Waals surface area contributed by atoms with E-state index in [1.165, 1.54) is 13.3 Å². The van der Waals surface area contributed by atoms with Gasteiger partial charge in [-0.15, -0.1) is 0 Å². The molecule has 5 heteroatoms. The minimum Gasteiger partial charge on any atom is -0.493 e. The van der Waals surface area contributed by atoms with Crippen molar-refractivity contribution in [3.63, 3.8) is 0 Å². The van der Waals surface area contributed by atoms with E-state index < -0.39 is 5.67 Å². The number of aryl methyl sites for hydroxylation is 1. The van der Waals surface area contributed by atoms with E-state index in [1.54, 1.807) is 28.9 Å². The van der Waals surface area contributed by atoms with Crippen LogP contribution in [0.1, 0.15) is 18.2 Å². The fourth-order valence-electron chi connectivity index (χ4n) is 2.21. The number of hydrogen-bond donors (Lipinski definition) is 1. The van der Waals surface area contributed by atoms with Crippen LogP contribution in [-0.2, 0) is 12.2 Å². The monoisotopic (exact) mass is 263 g/mol. The molecular formula is C14H18FN3O. The summed E-state index contributed by atoms with van der Waals surface area (Å²) < 4.78 is 22.2. The summed E-state index contributed by atoms with van der Waals surface area (Å²) in [6.45, 7) is 2.29. The molecule has 0 aliphatic rings. The second-order valence-electron chi connectivity index (χ2n) is 4.25. The van der Waals surface area contributed by atoms with E-state index in [4.69, 9.17) is 10.5 Å². The lowest BCUT2D eigenvalue weighted by Gasteiger charge is -2.26. The van der Waals surface area contributed by atoms with Crippen LogP contribution in [0.3, 0.4) is 0 Å². The van der Waals surface area contributed by atoms with Crippen LogP contribution in [0.4, 0.5) is 4.39 Å². The van der Waals surface area contributed by atoms with Gasteiger partial charge in [0.25, 0.3) is 0 Å². The zero-order chi connectivity index (χ0) is 13.9. The molecule has 0 saturated heterocycles. The first-order chi connectivity index (χ1) is 9.17. The molecule has 0 radical (unpaired) electrons. The zero-order valence-corrected chi connectivity index (χ0v) is 11.1. The topological polar surface area (TPSA) is 53.1 Å². The molecule has 1 aromatic heterocycles. The van der Waals surface area contributed by atoms with E-state index in [1.807, 2.05) is 13.0 Å². The summed E-state index contributed by atoms with van der Waals surface area (Å²) in [5, 5.41) is 4.14. The van der Waals surface area contributed by atoms with E-state index >= 15 is 4.39 Å². The molecule has 102 valence electrons. The summed E-state index contributed by atoms with van der Waals surface area (Å²) in [5.41, 5.74) is 4.77. The van der Waals surface area contributed by atoms with Crippen LogP contribution in [0, 0.1) is 0 Å². The summed E-state index contributed by atoms with van der Waals surface area (Å²) in [6.07, 6.45) is 1.52. The molecule has 0 saturated carbocycles. The molecule has 4 nitrogen and oxygen atoms in total. The van der Waals surface area contributed by atoms with E-state index in [2.05, 4.69) is 5.10 Å². The maximum atomic E-state index is 15.4. The Bertz CT molecular complexity index is 519. The molecule has 19 heavy (non-hydrogen) atoms. The maximum absolute atomic E-state index is 15.4. The SMILES string of the molecule is CCn1ncc(OC)c1C(F)(CN)c1ccccc1. The number of ether oxygens (including phenoxy) is 1. The summed E-state index contributed by atoms with van der Waals surface area (Å²) in [5.74, 6) is 0.415. The van der Waals surface area contributed by atoms with E-state index in [-0.39, 0.29) is 6.54 Å². The highest BCUT2D eigenvalue weighted by molar-refractivity contribution is 5.40. The van der Waals surface area contributed by atoms with Gasteiger partial charge < -0.3 is 10.5 Å². The lowest BCUT2D eigenvalue weighted by atomic mass is 9.91. The summed E-state index contributed by atoms with van der Waals surface area (Å²) in [6, 6.07) is 8.87. The number of rotatable bonds is 5. The van der Waals surface area contributed by atoms with E-state index in [0.717, 1.165) is 0 Å². The first kappa shape index (κ1) is 13.5. The van der Waals surface area contributed by atoms with Crippen LogP contribution in [-0.4, -0.2) is 23.4 Å². The highest BCUT2D eigenvalue weighted by Gasteiger charge is 2.39.